The Morgan fingerprint density at radius 1 is 0.259 bits per heavy atom. The van der Waals surface area contributed by atoms with Crippen LogP contribution in [0.25, 0.3) is 0 Å². The molecule has 0 aromatic heterocycles. The lowest BCUT2D eigenvalue weighted by Crippen LogP contribution is -2.30. The summed E-state index contributed by atoms with van der Waals surface area (Å²) in [4.78, 5) is 38.4. The first kappa shape index (κ1) is 77.6. The molecular weight excluding hydrogens is 997 g/mol. The highest BCUT2D eigenvalue weighted by molar-refractivity contribution is 5.71. The molecule has 0 rings (SSSR count). The number of carbonyl (C=O) groups is 3. The monoisotopic (exact) mass is 1130 g/mol. The van der Waals surface area contributed by atoms with E-state index in [-0.39, 0.29) is 31.1 Å². The SMILES string of the molecule is CC/C=C\C/C=C\C/C=C\C/C=C\C/C=C\CCCCCCCCCCCCCCCC(=O)OCC(COC(=O)CCCCCCCCCCCCCCCCC)OC(=O)CCCCCCCCCCC/C=C\C/C=C\CCCCC. The van der Waals surface area contributed by atoms with Crippen LogP contribution in [0.3, 0.4) is 0 Å². The molecule has 0 radical (unpaired) electrons. The predicted molar refractivity (Wildman–Crippen MR) is 353 cm³/mol. The van der Waals surface area contributed by atoms with Crippen molar-refractivity contribution < 1.29 is 28.6 Å². The van der Waals surface area contributed by atoms with Gasteiger partial charge in [-0.1, -0.05) is 324 Å². The van der Waals surface area contributed by atoms with Gasteiger partial charge in [-0.05, 0) is 96.3 Å². The fraction of sp³-hybridized carbons (Fsp3) is 0.773. The van der Waals surface area contributed by atoms with Crippen molar-refractivity contribution in [2.75, 3.05) is 13.2 Å². The van der Waals surface area contributed by atoms with Gasteiger partial charge in [-0.15, -0.1) is 0 Å². The van der Waals surface area contributed by atoms with Crippen LogP contribution in [0.1, 0.15) is 355 Å². The molecule has 0 saturated heterocycles. The average molecular weight is 1130 g/mol. The van der Waals surface area contributed by atoms with Crippen LogP contribution < -0.4 is 0 Å². The number of ether oxygens (including phenoxy) is 3. The average Bonchev–Trinajstić information content (AvgIpc) is 3.47. The second-order valence-electron chi connectivity index (χ2n) is 23.4. The largest absolute Gasteiger partial charge is 0.462 e. The molecule has 6 nitrogen and oxygen atoms in total. The smallest absolute Gasteiger partial charge is 0.306 e. The van der Waals surface area contributed by atoms with Crippen molar-refractivity contribution in [3.05, 3.63) is 85.1 Å². The first-order valence-corrected chi connectivity index (χ1v) is 35.1. The third-order valence-corrected chi connectivity index (χ3v) is 15.4. The fourth-order valence-electron chi connectivity index (χ4n) is 10.2. The summed E-state index contributed by atoms with van der Waals surface area (Å²) in [6.45, 7) is 6.55. The highest BCUT2D eigenvalue weighted by Crippen LogP contribution is 2.18. The summed E-state index contributed by atoms with van der Waals surface area (Å²) in [5.41, 5.74) is 0. The molecule has 0 spiro atoms. The van der Waals surface area contributed by atoms with Crippen molar-refractivity contribution >= 4 is 17.9 Å². The first-order chi connectivity index (χ1) is 40.0. The van der Waals surface area contributed by atoms with Crippen LogP contribution >= 0.6 is 0 Å². The zero-order valence-electron chi connectivity index (χ0n) is 53.8. The molecule has 0 aromatic rings. The second-order valence-corrected chi connectivity index (χ2v) is 23.4. The molecule has 0 saturated carbocycles. The summed E-state index contributed by atoms with van der Waals surface area (Å²) in [6, 6.07) is 0. The lowest BCUT2D eigenvalue weighted by atomic mass is 10.0. The molecule has 6 heteroatoms. The van der Waals surface area contributed by atoms with Crippen LogP contribution in [0.5, 0.6) is 0 Å². The molecule has 0 aliphatic carbocycles. The van der Waals surface area contributed by atoms with Gasteiger partial charge in [0.25, 0.3) is 0 Å². The summed E-state index contributed by atoms with van der Waals surface area (Å²) in [7, 11) is 0. The van der Waals surface area contributed by atoms with E-state index in [0.717, 1.165) is 96.3 Å². The lowest BCUT2D eigenvalue weighted by Gasteiger charge is -2.18. The Bertz CT molecular complexity index is 1530. The van der Waals surface area contributed by atoms with Crippen LogP contribution in [0.4, 0.5) is 0 Å². The van der Waals surface area contributed by atoms with Crippen molar-refractivity contribution in [1.82, 2.24) is 0 Å². The highest BCUT2D eigenvalue weighted by atomic mass is 16.6. The molecule has 0 bridgehead atoms. The molecular formula is C75H132O6. The Morgan fingerprint density at radius 3 is 0.778 bits per heavy atom. The van der Waals surface area contributed by atoms with E-state index in [0.29, 0.717) is 19.3 Å². The van der Waals surface area contributed by atoms with Crippen molar-refractivity contribution in [2.24, 2.45) is 0 Å². The van der Waals surface area contributed by atoms with Crippen molar-refractivity contribution in [2.45, 2.75) is 361 Å². The van der Waals surface area contributed by atoms with E-state index >= 15 is 0 Å². The van der Waals surface area contributed by atoms with Gasteiger partial charge in [0.1, 0.15) is 13.2 Å². The van der Waals surface area contributed by atoms with Gasteiger partial charge in [-0.2, -0.15) is 0 Å². The fourth-order valence-corrected chi connectivity index (χ4v) is 10.2. The molecule has 0 aliphatic rings. The third-order valence-electron chi connectivity index (χ3n) is 15.4. The maximum absolute atomic E-state index is 12.9. The number of rotatable bonds is 64. The minimum atomic E-state index is -0.778. The predicted octanol–water partition coefficient (Wildman–Crippen LogP) is 24.2. The molecule has 81 heavy (non-hydrogen) atoms. The number of esters is 3. The molecule has 0 fully saturated rings. The topological polar surface area (TPSA) is 78.9 Å². The second kappa shape index (κ2) is 69.1. The van der Waals surface area contributed by atoms with E-state index in [1.807, 2.05) is 0 Å². The molecule has 1 unspecified atom stereocenters. The Labute approximate surface area is 503 Å². The Kier molecular flexibility index (Phi) is 66.2. The van der Waals surface area contributed by atoms with Gasteiger partial charge in [0.15, 0.2) is 6.10 Å². The van der Waals surface area contributed by atoms with Gasteiger partial charge in [0.2, 0.25) is 0 Å². The summed E-state index contributed by atoms with van der Waals surface area (Å²) in [5.74, 6) is -0.859. The van der Waals surface area contributed by atoms with Crippen molar-refractivity contribution in [3.63, 3.8) is 0 Å². The number of allylic oxidation sites excluding steroid dienone is 14. The minimum Gasteiger partial charge on any atom is -0.462 e. The van der Waals surface area contributed by atoms with E-state index in [1.165, 1.54) is 218 Å². The molecule has 0 heterocycles. The van der Waals surface area contributed by atoms with Crippen LogP contribution in [0.2, 0.25) is 0 Å². The zero-order chi connectivity index (χ0) is 58.5. The van der Waals surface area contributed by atoms with E-state index in [9.17, 15) is 14.4 Å². The van der Waals surface area contributed by atoms with Crippen LogP contribution in [-0.2, 0) is 28.6 Å². The van der Waals surface area contributed by atoms with E-state index in [2.05, 4.69) is 106 Å². The number of unbranched alkanes of at least 4 members (excludes halogenated alkanes) is 39. The Morgan fingerprint density at radius 2 is 0.481 bits per heavy atom. The summed E-state index contributed by atoms with van der Waals surface area (Å²) < 4.78 is 17.0. The minimum absolute atomic E-state index is 0.0736. The summed E-state index contributed by atoms with van der Waals surface area (Å²) >= 11 is 0. The van der Waals surface area contributed by atoms with Gasteiger partial charge in [0.05, 0.1) is 0 Å². The van der Waals surface area contributed by atoms with Gasteiger partial charge < -0.3 is 14.2 Å². The summed E-state index contributed by atoms with van der Waals surface area (Å²) in [6.07, 6.45) is 91.7. The molecule has 1 atom stereocenters. The Balaban J connectivity index is 4.27. The zero-order valence-corrected chi connectivity index (χ0v) is 53.8. The summed E-state index contributed by atoms with van der Waals surface area (Å²) in [5, 5.41) is 0. The van der Waals surface area contributed by atoms with E-state index in [4.69, 9.17) is 14.2 Å². The van der Waals surface area contributed by atoms with Gasteiger partial charge in [0, 0.05) is 19.3 Å². The van der Waals surface area contributed by atoms with Crippen LogP contribution in [-0.4, -0.2) is 37.2 Å². The quantitative estimate of drug-likeness (QED) is 0.0261. The first-order valence-electron chi connectivity index (χ1n) is 35.1. The van der Waals surface area contributed by atoms with Crippen LogP contribution in [0.15, 0.2) is 85.1 Å². The number of hydrogen-bond donors (Lipinski definition) is 0. The van der Waals surface area contributed by atoms with Crippen LogP contribution in [0, 0.1) is 0 Å². The molecule has 0 amide bonds. The Hall–Kier alpha value is -3.41. The molecule has 0 aromatic carbocycles. The number of carbonyl (C=O) groups excluding carboxylic acids is 3. The van der Waals surface area contributed by atoms with Crippen molar-refractivity contribution in [3.8, 4) is 0 Å². The maximum atomic E-state index is 12.9. The molecule has 0 N–H and O–H groups in total. The highest BCUT2D eigenvalue weighted by Gasteiger charge is 2.19. The maximum Gasteiger partial charge on any atom is 0.306 e. The van der Waals surface area contributed by atoms with E-state index in [1.54, 1.807) is 0 Å². The van der Waals surface area contributed by atoms with E-state index < -0.39 is 6.10 Å². The van der Waals surface area contributed by atoms with Gasteiger partial charge >= 0.3 is 17.9 Å². The van der Waals surface area contributed by atoms with Crippen molar-refractivity contribution in [1.29, 1.82) is 0 Å². The standard InChI is InChI=1S/C75H132O6/c1-4-7-10-13-16-19-22-25-28-30-32-33-34-35-36-37-38-39-40-41-43-44-47-50-53-56-59-62-65-68-74(77)80-71-72(70-79-73(76)67-64-61-58-55-52-49-46-27-24-21-18-15-12-9-6-3)81-75(78)69-66-63-60-57-54-51-48-45-42-31-29-26-23-20-17-14-11-8-5-2/h7,10,16-17,19-20,25-26,28-29,32-33,35-36,72H,4-6,8-9,11-15,18,21-24,27,30-31,34,37-71H2,1-3H3/b10-7-,19-16-,20-17-,28-25-,29-26-,33-32-,36-35-. The lowest BCUT2D eigenvalue weighted by molar-refractivity contribution is -0.167. The third kappa shape index (κ3) is 67.3. The van der Waals surface area contributed by atoms with Gasteiger partial charge in [-0.25, -0.2) is 0 Å². The molecule has 468 valence electrons. The van der Waals surface area contributed by atoms with Gasteiger partial charge in [-0.3, -0.25) is 14.4 Å². The normalized spacial score (nSPS) is 12.6. The number of hydrogen-bond acceptors (Lipinski definition) is 6. The molecule has 0 aliphatic heterocycles.